The van der Waals surface area contributed by atoms with Gasteiger partial charge in [-0.2, -0.15) is 0 Å². The van der Waals surface area contributed by atoms with Crippen molar-refractivity contribution in [1.29, 1.82) is 0 Å². The maximum Gasteiger partial charge on any atom is 0.255 e. The van der Waals surface area contributed by atoms with Crippen LogP contribution in [0, 0.1) is 0 Å². The highest BCUT2D eigenvalue weighted by atomic mass is 35.5. The molecular weight excluding hydrogens is 252 g/mol. The molecule has 0 aliphatic heterocycles. The Morgan fingerprint density at radius 2 is 2.28 bits per heavy atom. The second kappa shape index (κ2) is 5.69. The fourth-order valence-electron chi connectivity index (χ4n) is 1.62. The normalized spacial score (nSPS) is 10.3. The Balaban J connectivity index is 2.23. The van der Waals surface area contributed by atoms with Crippen molar-refractivity contribution in [2.24, 2.45) is 0 Å². The van der Waals surface area contributed by atoms with Crippen molar-refractivity contribution >= 4 is 11.6 Å². The van der Waals surface area contributed by atoms with Gasteiger partial charge in [0.15, 0.2) is 0 Å². The number of ether oxygens (including phenoxy) is 1. The van der Waals surface area contributed by atoms with E-state index in [9.17, 15) is 4.79 Å². The van der Waals surface area contributed by atoms with Crippen LogP contribution < -0.4 is 10.3 Å². The van der Waals surface area contributed by atoms with Gasteiger partial charge in [0.25, 0.3) is 5.56 Å². The predicted molar refractivity (Wildman–Crippen MR) is 70.2 cm³/mol. The third kappa shape index (κ3) is 2.90. The molecule has 0 bridgehead atoms. The van der Waals surface area contributed by atoms with Crippen molar-refractivity contribution in [2.45, 2.75) is 12.3 Å². The van der Waals surface area contributed by atoms with Gasteiger partial charge in [0.05, 0.1) is 18.6 Å². The highest BCUT2D eigenvalue weighted by molar-refractivity contribution is 6.17. The van der Waals surface area contributed by atoms with Crippen LogP contribution in [-0.4, -0.2) is 17.1 Å². The summed E-state index contributed by atoms with van der Waals surface area (Å²) in [5, 5.41) is 0. The molecule has 2 aromatic rings. The molecule has 0 radical (unpaired) electrons. The first-order valence-corrected chi connectivity index (χ1v) is 6.02. The smallest absolute Gasteiger partial charge is 0.255 e. The molecule has 0 amide bonds. The Hall–Kier alpha value is -1.81. The Labute approximate surface area is 110 Å². The minimum Gasteiger partial charge on any atom is -0.497 e. The largest absolute Gasteiger partial charge is 0.497 e. The average Bonchev–Trinajstić information content (AvgIpc) is 2.39. The topological polar surface area (TPSA) is 55.0 Å². The van der Waals surface area contributed by atoms with Crippen LogP contribution in [0.3, 0.4) is 0 Å². The maximum absolute atomic E-state index is 11.6. The van der Waals surface area contributed by atoms with Gasteiger partial charge in [0.1, 0.15) is 11.6 Å². The second-order valence-electron chi connectivity index (χ2n) is 3.85. The molecule has 0 fully saturated rings. The van der Waals surface area contributed by atoms with E-state index in [4.69, 9.17) is 16.3 Å². The number of rotatable bonds is 4. The highest BCUT2D eigenvalue weighted by Crippen LogP contribution is 2.14. The molecule has 0 spiro atoms. The second-order valence-corrected chi connectivity index (χ2v) is 4.11. The molecule has 18 heavy (non-hydrogen) atoms. The summed E-state index contributed by atoms with van der Waals surface area (Å²) in [6, 6.07) is 7.64. The molecule has 0 aliphatic carbocycles. The Morgan fingerprint density at radius 3 is 2.94 bits per heavy atom. The van der Waals surface area contributed by atoms with Gasteiger partial charge in [0.2, 0.25) is 0 Å². The maximum atomic E-state index is 11.6. The van der Waals surface area contributed by atoms with Crippen LogP contribution in [0.15, 0.2) is 35.3 Å². The van der Waals surface area contributed by atoms with Crippen molar-refractivity contribution in [2.75, 3.05) is 7.11 Å². The summed E-state index contributed by atoms with van der Waals surface area (Å²) in [7, 11) is 1.62. The number of methoxy groups -OCH3 is 1. The number of nitrogens with zero attached hydrogens (tertiary/aromatic N) is 1. The van der Waals surface area contributed by atoms with Gasteiger partial charge in [-0.05, 0) is 17.7 Å². The molecule has 2 rings (SSSR count). The molecule has 0 aliphatic rings. The van der Waals surface area contributed by atoms with E-state index >= 15 is 0 Å². The molecule has 0 saturated carbocycles. The summed E-state index contributed by atoms with van der Waals surface area (Å²) in [4.78, 5) is 18.5. The van der Waals surface area contributed by atoms with E-state index in [1.54, 1.807) is 7.11 Å². The summed E-state index contributed by atoms with van der Waals surface area (Å²) in [5.74, 6) is 1.57. The first kappa shape index (κ1) is 12.6. The van der Waals surface area contributed by atoms with Crippen LogP contribution in [0.25, 0.3) is 0 Å². The van der Waals surface area contributed by atoms with Gasteiger partial charge in [-0.3, -0.25) is 4.79 Å². The molecule has 1 heterocycles. The van der Waals surface area contributed by atoms with E-state index in [-0.39, 0.29) is 11.4 Å². The standard InChI is InChI=1S/C13H13ClN2O2/c1-18-11-4-2-3-9(5-11)6-12-15-8-10(7-14)13(17)16-12/h2-5,8H,6-7H2,1H3,(H,15,16,17). The molecule has 1 aromatic carbocycles. The zero-order valence-corrected chi connectivity index (χ0v) is 10.7. The van der Waals surface area contributed by atoms with Crippen molar-refractivity contribution in [3.63, 3.8) is 0 Å². The Morgan fingerprint density at radius 1 is 1.44 bits per heavy atom. The van der Waals surface area contributed by atoms with Crippen LogP contribution >= 0.6 is 11.6 Å². The van der Waals surface area contributed by atoms with E-state index in [1.165, 1.54) is 6.20 Å². The van der Waals surface area contributed by atoms with Crippen LogP contribution in [0.1, 0.15) is 17.0 Å². The first-order chi connectivity index (χ1) is 8.72. The lowest BCUT2D eigenvalue weighted by molar-refractivity contribution is 0.414. The van der Waals surface area contributed by atoms with Gasteiger partial charge < -0.3 is 9.72 Å². The quantitative estimate of drug-likeness (QED) is 0.861. The minimum atomic E-state index is -0.183. The van der Waals surface area contributed by atoms with E-state index in [0.29, 0.717) is 17.8 Å². The Kier molecular flexibility index (Phi) is 3.99. The van der Waals surface area contributed by atoms with Crippen molar-refractivity contribution in [3.05, 3.63) is 57.8 Å². The van der Waals surface area contributed by atoms with E-state index in [1.807, 2.05) is 24.3 Å². The average molecular weight is 265 g/mol. The fraction of sp³-hybridized carbons (Fsp3) is 0.231. The lowest BCUT2D eigenvalue weighted by atomic mass is 10.1. The summed E-state index contributed by atoms with van der Waals surface area (Å²) >= 11 is 5.61. The number of H-pyrrole nitrogens is 1. The highest BCUT2D eigenvalue weighted by Gasteiger charge is 2.03. The number of hydrogen-bond donors (Lipinski definition) is 1. The lowest BCUT2D eigenvalue weighted by Crippen LogP contribution is -2.15. The Bertz CT molecular complexity index is 596. The molecule has 94 valence electrons. The number of alkyl halides is 1. The van der Waals surface area contributed by atoms with Gasteiger partial charge in [-0.25, -0.2) is 4.98 Å². The van der Waals surface area contributed by atoms with Crippen LogP contribution in [0.4, 0.5) is 0 Å². The lowest BCUT2D eigenvalue weighted by Gasteiger charge is -2.04. The third-order valence-corrected chi connectivity index (χ3v) is 2.86. The minimum absolute atomic E-state index is 0.168. The van der Waals surface area contributed by atoms with Crippen molar-refractivity contribution in [1.82, 2.24) is 9.97 Å². The molecular formula is C13H13ClN2O2. The molecule has 4 nitrogen and oxygen atoms in total. The van der Waals surface area contributed by atoms with E-state index < -0.39 is 0 Å². The van der Waals surface area contributed by atoms with Crippen molar-refractivity contribution in [3.8, 4) is 5.75 Å². The zero-order chi connectivity index (χ0) is 13.0. The number of aromatic nitrogens is 2. The van der Waals surface area contributed by atoms with Gasteiger partial charge in [0, 0.05) is 12.6 Å². The molecule has 5 heteroatoms. The number of halogens is 1. The first-order valence-electron chi connectivity index (χ1n) is 5.49. The number of hydrogen-bond acceptors (Lipinski definition) is 3. The number of nitrogens with one attached hydrogen (secondary N) is 1. The SMILES string of the molecule is COc1cccc(Cc2ncc(CCl)c(=O)[nH]2)c1. The van der Waals surface area contributed by atoms with Crippen LogP contribution in [0.5, 0.6) is 5.75 Å². The predicted octanol–water partition coefficient (Wildman–Crippen LogP) is 2.11. The zero-order valence-electron chi connectivity index (χ0n) is 9.94. The van der Waals surface area contributed by atoms with E-state index in [2.05, 4.69) is 9.97 Å². The molecule has 1 aromatic heterocycles. The summed E-state index contributed by atoms with van der Waals surface area (Å²) in [6.07, 6.45) is 2.07. The van der Waals surface area contributed by atoms with Crippen LogP contribution in [-0.2, 0) is 12.3 Å². The van der Waals surface area contributed by atoms with E-state index in [0.717, 1.165) is 11.3 Å². The monoisotopic (exact) mass is 264 g/mol. The number of aromatic amines is 1. The summed E-state index contributed by atoms with van der Waals surface area (Å²) < 4.78 is 5.14. The van der Waals surface area contributed by atoms with Gasteiger partial charge >= 0.3 is 0 Å². The molecule has 0 unspecified atom stereocenters. The van der Waals surface area contributed by atoms with Gasteiger partial charge in [-0.15, -0.1) is 11.6 Å². The molecule has 1 N–H and O–H groups in total. The van der Waals surface area contributed by atoms with Crippen molar-refractivity contribution < 1.29 is 4.74 Å². The molecule has 0 saturated heterocycles. The summed E-state index contributed by atoms with van der Waals surface area (Å²) in [6.45, 7) is 0. The fourth-order valence-corrected chi connectivity index (χ4v) is 1.81. The van der Waals surface area contributed by atoms with Gasteiger partial charge in [-0.1, -0.05) is 12.1 Å². The number of benzene rings is 1. The third-order valence-electron chi connectivity index (χ3n) is 2.58. The van der Waals surface area contributed by atoms with Crippen LogP contribution in [0.2, 0.25) is 0 Å². The summed E-state index contributed by atoms with van der Waals surface area (Å²) in [5.41, 5.74) is 1.32. The molecule has 0 atom stereocenters.